The van der Waals surface area contributed by atoms with E-state index in [9.17, 15) is 23.1 Å². The summed E-state index contributed by atoms with van der Waals surface area (Å²) in [5, 5.41) is 16.0. The maximum absolute atomic E-state index is 12.5. The number of carbonyl (C=O) groups excluding carboxylic acids is 1. The monoisotopic (exact) mass is 334 g/mol. The molecular formula is C14H21F3N4O2. The third kappa shape index (κ3) is 4.85. The number of urea groups is 1. The van der Waals surface area contributed by atoms with Crippen LogP contribution in [0, 0.1) is 5.92 Å². The van der Waals surface area contributed by atoms with Crippen molar-refractivity contribution in [1.29, 1.82) is 0 Å². The number of likely N-dealkylation sites (tertiary alicyclic amines) is 1. The van der Waals surface area contributed by atoms with Crippen LogP contribution in [-0.2, 0) is 13.5 Å². The van der Waals surface area contributed by atoms with E-state index in [4.69, 9.17) is 0 Å². The molecule has 0 saturated carbocycles. The Bertz CT molecular complexity index is 524. The van der Waals surface area contributed by atoms with Crippen molar-refractivity contribution in [2.24, 2.45) is 13.0 Å². The molecule has 0 spiro atoms. The maximum atomic E-state index is 12.5. The third-order valence-electron chi connectivity index (χ3n) is 4.06. The van der Waals surface area contributed by atoms with Crippen LogP contribution in [0.4, 0.5) is 18.0 Å². The topological polar surface area (TPSA) is 70.4 Å². The Balaban J connectivity index is 1.71. The summed E-state index contributed by atoms with van der Waals surface area (Å²) in [7, 11) is 1.81. The fourth-order valence-corrected chi connectivity index (χ4v) is 2.71. The second kappa shape index (κ2) is 7.20. The largest absolute Gasteiger partial charge is 0.414 e. The summed E-state index contributed by atoms with van der Waals surface area (Å²) >= 11 is 0. The van der Waals surface area contributed by atoms with Gasteiger partial charge < -0.3 is 15.3 Å². The average Bonchev–Trinajstić information content (AvgIpc) is 2.91. The SMILES string of the molecule is Cn1cc(CCNC(=O)N2CCC([C@@H](O)C(F)(F)F)CC2)cn1. The van der Waals surface area contributed by atoms with Gasteiger partial charge in [0.2, 0.25) is 0 Å². The van der Waals surface area contributed by atoms with Gasteiger partial charge in [-0.05, 0) is 30.7 Å². The number of carbonyl (C=O) groups is 1. The minimum absolute atomic E-state index is 0.150. The second-order valence-corrected chi connectivity index (χ2v) is 5.82. The van der Waals surface area contributed by atoms with Gasteiger partial charge in [-0.1, -0.05) is 0 Å². The first kappa shape index (κ1) is 17.6. The number of hydrogen-bond acceptors (Lipinski definition) is 3. The highest BCUT2D eigenvalue weighted by Crippen LogP contribution is 2.31. The van der Waals surface area contributed by atoms with Crippen molar-refractivity contribution in [3.63, 3.8) is 0 Å². The summed E-state index contributed by atoms with van der Waals surface area (Å²) in [5.41, 5.74) is 1.000. The highest BCUT2D eigenvalue weighted by molar-refractivity contribution is 5.74. The molecule has 1 saturated heterocycles. The van der Waals surface area contributed by atoms with E-state index in [2.05, 4.69) is 10.4 Å². The molecule has 2 heterocycles. The average molecular weight is 334 g/mol. The van der Waals surface area contributed by atoms with E-state index in [1.807, 2.05) is 13.2 Å². The second-order valence-electron chi connectivity index (χ2n) is 5.82. The molecule has 130 valence electrons. The predicted molar refractivity (Wildman–Crippen MR) is 76.7 cm³/mol. The van der Waals surface area contributed by atoms with Crippen LogP contribution < -0.4 is 5.32 Å². The quantitative estimate of drug-likeness (QED) is 0.872. The van der Waals surface area contributed by atoms with Crippen LogP contribution in [0.25, 0.3) is 0 Å². The Morgan fingerprint density at radius 1 is 1.48 bits per heavy atom. The number of aliphatic hydroxyl groups excluding tert-OH is 1. The van der Waals surface area contributed by atoms with Crippen LogP contribution in [0.1, 0.15) is 18.4 Å². The first-order chi connectivity index (χ1) is 10.8. The van der Waals surface area contributed by atoms with E-state index >= 15 is 0 Å². The molecule has 0 aromatic carbocycles. The van der Waals surface area contributed by atoms with Crippen molar-refractivity contribution >= 4 is 6.03 Å². The van der Waals surface area contributed by atoms with Crippen molar-refractivity contribution in [1.82, 2.24) is 20.0 Å². The Labute approximate surface area is 132 Å². The van der Waals surface area contributed by atoms with E-state index < -0.39 is 18.2 Å². The molecule has 2 amide bonds. The standard InChI is InChI=1S/C14H21F3N4O2/c1-20-9-10(8-19-20)2-5-18-13(23)21-6-3-11(4-7-21)12(22)14(15,16)17/h8-9,11-12,22H,2-7H2,1H3,(H,18,23)/t12-/m1/s1. The van der Waals surface area contributed by atoms with Crippen LogP contribution >= 0.6 is 0 Å². The number of aliphatic hydroxyl groups is 1. The van der Waals surface area contributed by atoms with Gasteiger partial charge in [-0.3, -0.25) is 4.68 Å². The van der Waals surface area contributed by atoms with E-state index in [0.717, 1.165) is 5.56 Å². The molecule has 1 atom stereocenters. The molecule has 2 rings (SSSR count). The molecule has 0 aliphatic carbocycles. The highest BCUT2D eigenvalue weighted by atomic mass is 19.4. The molecule has 0 bridgehead atoms. The highest BCUT2D eigenvalue weighted by Gasteiger charge is 2.44. The van der Waals surface area contributed by atoms with Crippen molar-refractivity contribution < 1.29 is 23.1 Å². The van der Waals surface area contributed by atoms with Crippen LogP contribution in [0.2, 0.25) is 0 Å². The van der Waals surface area contributed by atoms with E-state index in [0.29, 0.717) is 13.0 Å². The molecule has 6 nitrogen and oxygen atoms in total. The number of aryl methyl sites for hydroxylation is 1. The Kier molecular flexibility index (Phi) is 5.51. The number of hydrogen-bond donors (Lipinski definition) is 2. The molecular weight excluding hydrogens is 313 g/mol. The van der Waals surface area contributed by atoms with Crippen LogP contribution in [0.3, 0.4) is 0 Å². The van der Waals surface area contributed by atoms with Gasteiger partial charge in [0.25, 0.3) is 0 Å². The van der Waals surface area contributed by atoms with E-state index in [1.54, 1.807) is 10.9 Å². The molecule has 1 fully saturated rings. The van der Waals surface area contributed by atoms with Gasteiger partial charge in [0, 0.05) is 32.9 Å². The third-order valence-corrected chi connectivity index (χ3v) is 4.06. The summed E-state index contributed by atoms with van der Waals surface area (Å²) in [4.78, 5) is 13.5. The van der Waals surface area contributed by atoms with Gasteiger partial charge in [0.05, 0.1) is 6.20 Å². The van der Waals surface area contributed by atoms with Gasteiger partial charge >= 0.3 is 12.2 Å². The van der Waals surface area contributed by atoms with Crippen LogP contribution in [-0.4, -0.2) is 57.7 Å². The first-order valence-electron chi connectivity index (χ1n) is 7.52. The van der Waals surface area contributed by atoms with Gasteiger partial charge in [0.1, 0.15) is 0 Å². The number of rotatable bonds is 4. The first-order valence-corrected chi connectivity index (χ1v) is 7.52. The molecule has 1 aromatic heterocycles. The lowest BCUT2D eigenvalue weighted by molar-refractivity contribution is -0.222. The van der Waals surface area contributed by atoms with Gasteiger partial charge in [-0.15, -0.1) is 0 Å². The van der Waals surface area contributed by atoms with Gasteiger partial charge in [-0.2, -0.15) is 18.3 Å². The predicted octanol–water partition coefficient (Wildman–Crippen LogP) is 1.31. The summed E-state index contributed by atoms with van der Waals surface area (Å²) in [6.45, 7) is 0.878. The molecule has 9 heteroatoms. The summed E-state index contributed by atoms with van der Waals surface area (Å²) in [6.07, 6.45) is -2.39. The lowest BCUT2D eigenvalue weighted by Crippen LogP contribution is -2.48. The Hall–Kier alpha value is -1.77. The number of nitrogens with one attached hydrogen (secondary N) is 1. The van der Waals surface area contributed by atoms with Crippen molar-refractivity contribution in [2.75, 3.05) is 19.6 Å². The molecule has 0 radical (unpaired) electrons. The van der Waals surface area contributed by atoms with Crippen LogP contribution in [0.15, 0.2) is 12.4 Å². The van der Waals surface area contributed by atoms with Crippen LogP contribution in [0.5, 0.6) is 0 Å². The fraction of sp³-hybridized carbons (Fsp3) is 0.714. The van der Waals surface area contributed by atoms with Gasteiger partial charge in [-0.25, -0.2) is 4.79 Å². The summed E-state index contributed by atoms with van der Waals surface area (Å²) < 4.78 is 39.1. The van der Waals surface area contributed by atoms with E-state index in [-0.39, 0.29) is 32.0 Å². The number of alkyl halides is 3. The number of halogens is 3. The molecule has 1 aliphatic rings. The Morgan fingerprint density at radius 3 is 2.65 bits per heavy atom. The number of aromatic nitrogens is 2. The minimum atomic E-state index is -4.60. The zero-order chi connectivity index (χ0) is 17.0. The normalized spacial score (nSPS) is 18.0. The zero-order valence-corrected chi connectivity index (χ0v) is 12.9. The van der Waals surface area contributed by atoms with Crippen molar-refractivity contribution in [3.8, 4) is 0 Å². The Morgan fingerprint density at radius 2 is 2.13 bits per heavy atom. The maximum Gasteiger partial charge on any atom is 0.414 e. The fourth-order valence-electron chi connectivity index (χ4n) is 2.71. The lowest BCUT2D eigenvalue weighted by atomic mass is 9.91. The number of piperidine rings is 1. The zero-order valence-electron chi connectivity index (χ0n) is 12.9. The molecule has 1 aromatic rings. The smallest absolute Gasteiger partial charge is 0.383 e. The van der Waals surface area contributed by atoms with Gasteiger partial charge in [0.15, 0.2) is 6.10 Å². The molecule has 2 N–H and O–H groups in total. The van der Waals surface area contributed by atoms with E-state index in [1.165, 1.54) is 4.90 Å². The summed E-state index contributed by atoms with van der Waals surface area (Å²) in [5.74, 6) is -0.838. The molecule has 23 heavy (non-hydrogen) atoms. The lowest BCUT2D eigenvalue weighted by Gasteiger charge is -2.34. The number of amides is 2. The minimum Gasteiger partial charge on any atom is -0.383 e. The number of nitrogens with zero attached hydrogens (tertiary/aromatic N) is 3. The van der Waals surface area contributed by atoms with Crippen molar-refractivity contribution in [3.05, 3.63) is 18.0 Å². The summed E-state index contributed by atoms with van der Waals surface area (Å²) in [6, 6.07) is -0.283. The molecule has 0 unspecified atom stereocenters. The molecule has 1 aliphatic heterocycles. The van der Waals surface area contributed by atoms with Crippen molar-refractivity contribution in [2.45, 2.75) is 31.5 Å².